The van der Waals surface area contributed by atoms with Crippen LogP contribution in [0, 0.1) is 5.41 Å². The number of hydrogen-bond acceptors (Lipinski definition) is 6. The van der Waals surface area contributed by atoms with E-state index in [2.05, 4.69) is 9.88 Å². The molecule has 8 nitrogen and oxygen atoms in total. The number of carbonyl (C=O) groups excluding carboxylic acids is 1. The van der Waals surface area contributed by atoms with Crippen LogP contribution in [0.5, 0.6) is 0 Å². The first-order valence-electron chi connectivity index (χ1n) is 9.57. The molecule has 1 atom stereocenters. The van der Waals surface area contributed by atoms with Gasteiger partial charge in [-0.05, 0) is 30.7 Å². The largest absolute Gasteiger partial charge is 0.490 e. The van der Waals surface area contributed by atoms with Crippen molar-refractivity contribution in [2.24, 2.45) is 5.41 Å². The second-order valence-corrected chi connectivity index (χ2v) is 7.42. The van der Waals surface area contributed by atoms with E-state index in [0.717, 1.165) is 25.3 Å². The molecule has 4 heterocycles. The molecule has 2 aliphatic heterocycles. The Kier molecular flexibility index (Phi) is 6.84. The Bertz CT molecular complexity index is 876. The molecule has 2 aromatic heterocycles. The van der Waals surface area contributed by atoms with Crippen molar-refractivity contribution in [1.82, 2.24) is 9.88 Å². The number of carboxylic acids is 1. The predicted octanol–water partition coefficient (Wildman–Crippen LogP) is 2.68. The van der Waals surface area contributed by atoms with Crippen LogP contribution in [0.2, 0.25) is 0 Å². The highest BCUT2D eigenvalue weighted by Gasteiger charge is 2.43. The number of hydrogen-bond donors (Lipinski definition) is 1. The van der Waals surface area contributed by atoms with Gasteiger partial charge in [0.15, 0.2) is 5.76 Å². The predicted molar refractivity (Wildman–Crippen MR) is 103 cm³/mol. The average Bonchev–Trinajstić information content (AvgIpc) is 3.36. The summed E-state index contributed by atoms with van der Waals surface area (Å²) in [6.45, 7) is 4.33. The van der Waals surface area contributed by atoms with E-state index in [1.807, 2.05) is 29.3 Å². The molecule has 0 aliphatic carbocycles. The molecule has 0 bridgehead atoms. The zero-order valence-electron chi connectivity index (χ0n) is 16.5. The number of halogens is 3. The summed E-state index contributed by atoms with van der Waals surface area (Å²) < 4.78 is 42.9. The summed E-state index contributed by atoms with van der Waals surface area (Å²) in [4.78, 5) is 30.1. The summed E-state index contributed by atoms with van der Waals surface area (Å²) in [7, 11) is 0. The number of pyridine rings is 1. The van der Waals surface area contributed by atoms with E-state index in [1.54, 1.807) is 12.1 Å². The summed E-state index contributed by atoms with van der Waals surface area (Å²) in [6, 6.07) is 9.42. The zero-order valence-corrected chi connectivity index (χ0v) is 16.5. The van der Waals surface area contributed by atoms with E-state index < -0.39 is 12.1 Å². The monoisotopic (exact) mass is 441 g/mol. The lowest BCUT2D eigenvalue weighted by atomic mass is 9.87. The highest BCUT2D eigenvalue weighted by molar-refractivity contribution is 5.91. The van der Waals surface area contributed by atoms with Gasteiger partial charge in [-0.15, -0.1) is 0 Å². The molecule has 31 heavy (non-hydrogen) atoms. The van der Waals surface area contributed by atoms with E-state index >= 15 is 0 Å². The fourth-order valence-corrected chi connectivity index (χ4v) is 3.64. The van der Waals surface area contributed by atoms with Crippen molar-refractivity contribution in [3.05, 3.63) is 48.6 Å². The summed E-state index contributed by atoms with van der Waals surface area (Å²) in [5, 5.41) is 7.12. The molecule has 0 saturated carbocycles. The van der Waals surface area contributed by atoms with Gasteiger partial charge in [-0.25, -0.2) is 9.78 Å². The fourth-order valence-electron chi connectivity index (χ4n) is 3.64. The number of ether oxygens (including phenoxy) is 1. The topological polar surface area (TPSA) is 96.1 Å². The van der Waals surface area contributed by atoms with Gasteiger partial charge in [0.25, 0.3) is 5.91 Å². The van der Waals surface area contributed by atoms with Crippen molar-refractivity contribution in [3.63, 3.8) is 0 Å². The maximum absolute atomic E-state index is 12.7. The summed E-state index contributed by atoms with van der Waals surface area (Å²) in [5.74, 6) is -1.43. The third-order valence-electron chi connectivity index (χ3n) is 5.11. The molecular weight excluding hydrogens is 419 g/mol. The van der Waals surface area contributed by atoms with Crippen LogP contribution in [-0.2, 0) is 9.53 Å². The second kappa shape index (κ2) is 9.38. The normalized spacial score (nSPS) is 21.4. The number of aromatic nitrogens is 1. The molecule has 11 heteroatoms. The van der Waals surface area contributed by atoms with Crippen molar-refractivity contribution in [2.75, 3.05) is 44.3 Å². The Morgan fingerprint density at radius 2 is 1.90 bits per heavy atom. The molecule has 4 rings (SSSR count). The van der Waals surface area contributed by atoms with Crippen LogP contribution in [0.15, 0.2) is 47.2 Å². The number of anilines is 1. The zero-order chi connectivity index (χ0) is 22.5. The van der Waals surface area contributed by atoms with Crippen molar-refractivity contribution in [2.45, 2.75) is 12.6 Å². The highest BCUT2D eigenvalue weighted by atomic mass is 19.4. The molecule has 0 aromatic carbocycles. The molecule has 0 radical (unpaired) electrons. The Morgan fingerprint density at radius 1 is 1.13 bits per heavy atom. The van der Waals surface area contributed by atoms with Gasteiger partial charge in [0.05, 0.1) is 19.5 Å². The summed E-state index contributed by atoms with van der Waals surface area (Å²) in [5.41, 5.74) is -0.0454. The lowest BCUT2D eigenvalue weighted by molar-refractivity contribution is -0.192. The number of rotatable bonds is 2. The lowest BCUT2D eigenvalue weighted by Gasteiger charge is -2.31. The van der Waals surface area contributed by atoms with E-state index in [-0.39, 0.29) is 11.3 Å². The number of amides is 1. The third-order valence-corrected chi connectivity index (χ3v) is 5.11. The van der Waals surface area contributed by atoms with Crippen molar-refractivity contribution < 1.29 is 37.0 Å². The van der Waals surface area contributed by atoms with Gasteiger partial charge >= 0.3 is 12.1 Å². The minimum atomic E-state index is -5.08. The first-order chi connectivity index (χ1) is 14.7. The van der Waals surface area contributed by atoms with Crippen molar-refractivity contribution >= 4 is 17.7 Å². The van der Waals surface area contributed by atoms with Gasteiger partial charge in [-0.2, -0.15) is 13.2 Å². The Balaban J connectivity index is 0.000000339. The van der Waals surface area contributed by atoms with Gasteiger partial charge in [-0.1, -0.05) is 6.07 Å². The molecule has 1 amide bonds. The van der Waals surface area contributed by atoms with E-state index in [9.17, 15) is 18.0 Å². The Labute approximate surface area is 176 Å². The number of nitrogens with zero attached hydrogens (tertiary/aromatic N) is 3. The molecule has 1 N–H and O–H groups in total. The van der Waals surface area contributed by atoms with Crippen LogP contribution in [0.3, 0.4) is 0 Å². The molecule has 1 unspecified atom stereocenters. The van der Waals surface area contributed by atoms with Crippen LogP contribution in [0.1, 0.15) is 17.0 Å². The standard InChI is InChI=1S/C18H21N3O3.C2HF3O2/c22-17(15-4-3-10-24-15)21-9-11-23-14-18(13-21)6-8-20(12-18)16-5-1-2-7-19-16;3-2(4,5)1(6)7/h1-5,7,10H,6,8-9,11-14H2;(H,6,7). The first-order valence-corrected chi connectivity index (χ1v) is 9.57. The summed E-state index contributed by atoms with van der Waals surface area (Å²) >= 11 is 0. The quantitative estimate of drug-likeness (QED) is 0.766. The first kappa shape index (κ1) is 22.6. The van der Waals surface area contributed by atoms with E-state index in [0.29, 0.717) is 32.1 Å². The fraction of sp³-hybridized carbons (Fsp3) is 0.450. The number of furan rings is 1. The third kappa shape index (κ3) is 5.75. The molecule has 2 saturated heterocycles. The van der Waals surface area contributed by atoms with Crippen LogP contribution in [0.4, 0.5) is 19.0 Å². The SMILES string of the molecule is O=C(O)C(F)(F)F.O=C(c1ccco1)N1CCOCC2(CCN(c3ccccn3)C2)C1. The Morgan fingerprint density at radius 3 is 2.52 bits per heavy atom. The average molecular weight is 441 g/mol. The second-order valence-electron chi connectivity index (χ2n) is 7.42. The van der Waals surface area contributed by atoms with Crippen LogP contribution >= 0.6 is 0 Å². The van der Waals surface area contributed by atoms with Crippen molar-refractivity contribution in [3.8, 4) is 0 Å². The minimum absolute atomic E-state index is 0.0454. The van der Waals surface area contributed by atoms with Gasteiger partial charge in [0, 0.05) is 37.8 Å². The number of carboxylic acid groups (broad SMARTS) is 1. The summed E-state index contributed by atoms with van der Waals surface area (Å²) in [6.07, 6.45) is -0.738. The number of carbonyl (C=O) groups is 2. The van der Waals surface area contributed by atoms with Gasteiger partial charge in [-0.3, -0.25) is 4.79 Å². The van der Waals surface area contributed by atoms with Crippen LogP contribution in [0.25, 0.3) is 0 Å². The smallest absolute Gasteiger partial charge is 0.475 e. The Hall–Kier alpha value is -3.08. The van der Waals surface area contributed by atoms with Crippen molar-refractivity contribution in [1.29, 1.82) is 0 Å². The molecule has 1 spiro atoms. The molecule has 2 aromatic rings. The van der Waals surface area contributed by atoms with Gasteiger partial charge in [0.1, 0.15) is 5.82 Å². The van der Waals surface area contributed by atoms with Crippen LogP contribution < -0.4 is 4.90 Å². The molecule has 2 aliphatic rings. The highest BCUT2D eigenvalue weighted by Crippen LogP contribution is 2.35. The minimum Gasteiger partial charge on any atom is -0.475 e. The number of aliphatic carboxylic acids is 1. The van der Waals surface area contributed by atoms with Gasteiger partial charge < -0.3 is 24.1 Å². The van der Waals surface area contributed by atoms with Crippen LogP contribution in [-0.4, -0.2) is 72.4 Å². The molecule has 168 valence electrons. The molecule has 2 fully saturated rings. The molecular formula is C20H22F3N3O5. The number of alkyl halides is 3. The van der Waals surface area contributed by atoms with E-state index in [4.69, 9.17) is 19.1 Å². The van der Waals surface area contributed by atoms with E-state index in [1.165, 1.54) is 6.26 Å². The maximum atomic E-state index is 12.7. The van der Waals surface area contributed by atoms with Gasteiger partial charge in [0.2, 0.25) is 0 Å². The maximum Gasteiger partial charge on any atom is 0.490 e. The lowest BCUT2D eigenvalue weighted by Crippen LogP contribution is -2.43.